The molecule has 0 unspecified atom stereocenters. The Hall–Kier alpha value is -1.38. The molecule has 1 aliphatic heterocycles. The Balaban J connectivity index is 2.12. The van der Waals surface area contributed by atoms with Gasteiger partial charge in [-0.3, -0.25) is 4.79 Å². The maximum atomic E-state index is 12.6. The summed E-state index contributed by atoms with van der Waals surface area (Å²) in [5.74, 6) is 0.248. The summed E-state index contributed by atoms with van der Waals surface area (Å²) >= 11 is 0. The van der Waals surface area contributed by atoms with E-state index in [1.807, 2.05) is 0 Å². The average molecular weight is 343 g/mol. The first-order valence-corrected chi connectivity index (χ1v) is 9.29. The van der Waals surface area contributed by atoms with Gasteiger partial charge in [-0.05, 0) is 18.4 Å². The van der Waals surface area contributed by atoms with Crippen LogP contribution in [0.4, 0.5) is 0 Å². The highest BCUT2D eigenvalue weighted by molar-refractivity contribution is 7.89. The highest BCUT2D eigenvalue weighted by Crippen LogP contribution is 2.19. The summed E-state index contributed by atoms with van der Waals surface area (Å²) in [4.78, 5) is 12.4. The second-order valence-electron chi connectivity index (χ2n) is 6.13. The van der Waals surface area contributed by atoms with Crippen LogP contribution < -0.4 is 5.32 Å². The fourth-order valence-corrected chi connectivity index (χ4v) is 3.88. The van der Waals surface area contributed by atoms with Crippen LogP contribution in [-0.2, 0) is 21.8 Å². The summed E-state index contributed by atoms with van der Waals surface area (Å²) in [5.41, 5.74) is 0.348. The Morgan fingerprint density at radius 3 is 2.61 bits per heavy atom. The number of nitrogens with one attached hydrogen (secondary N) is 1. The Morgan fingerprint density at radius 2 is 2.00 bits per heavy atom. The SMILES string of the molecule is CC(C)CCNC(=O)c1cc(S(=O)(=O)N2CCOCC2)cn1C. The maximum Gasteiger partial charge on any atom is 0.267 e. The van der Waals surface area contributed by atoms with Crippen molar-refractivity contribution in [1.82, 2.24) is 14.2 Å². The molecular formula is C15H25N3O4S. The van der Waals surface area contributed by atoms with Crippen LogP contribution in [0.25, 0.3) is 0 Å². The molecule has 130 valence electrons. The molecule has 0 aromatic carbocycles. The minimum absolute atomic E-state index is 0.149. The summed E-state index contributed by atoms with van der Waals surface area (Å²) in [6.07, 6.45) is 2.37. The zero-order chi connectivity index (χ0) is 17.0. The normalized spacial score (nSPS) is 16.7. The first-order valence-electron chi connectivity index (χ1n) is 7.85. The highest BCUT2D eigenvalue weighted by atomic mass is 32.2. The second kappa shape index (κ2) is 7.46. The Kier molecular flexibility index (Phi) is 5.83. The Bertz CT molecular complexity index is 646. The van der Waals surface area contributed by atoms with E-state index in [1.165, 1.54) is 16.6 Å². The molecule has 1 aromatic rings. The van der Waals surface area contributed by atoms with Crippen molar-refractivity contribution in [2.75, 3.05) is 32.8 Å². The van der Waals surface area contributed by atoms with E-state index in [1.54, 1.807) is 11.6 Å². The van der Waals surface area contributed by atoms with Crippen molar-refractivity contribution in [2.45, 2.75) is 25.2 Å². The van der Waals surface area contributed by atoms with Gasteiger partial charge in [-0.2, -0.15) is 4.31 Å². The second-order valence-corrected chi connectivity index (χ2v) is 8.06. The number of rotatable bonds is 6. The molecule has 1 fully saturated rings. The largest absolute Gasteiger partial charge is 0.379 e. The number of sulfonamides is 1. The van der Waals surface area contributed by atoms with Gasteiger partial charge < -0.3 is 14.6 Å². The van der Waals surface area contributed by atoms with E-state index in [9.17, 15) is 13.2 Å². The minimum Gasteiger partial charge on any atom is -0.379 e. The maximum absolute atomic E-state index is 12.6. The summed E-state index contributed by atoms with van der Waals surface area (Å²) in [6, 6.07) is 1.44. The lowest BCUT2D eigenvalue weighted by Crippen LogP contribution is -2.40. The number of morpholine rings is 1. The predicted molar refractivity (Wildman–Crippen MR) is 86.8 cm³/mol. The molecule has 1 N–H and O–H groups in total. The van der Waals surface area contributed by atoms with Crippen molar-refractivity contribution in [3.8, 4) is 0 Å². The van der Waals surface area contributed by atoms with Gasteiger partial charge in [-0.25, -0.2) is 8.42 Å². The van der Waals surface area contributed by atoms with Crippen LogP contribution in [0.15, 0.2) is 17.2 Å². The number of ether oxygens (including phenoxy) is 1. The standard InChI is InChI=1S/C15H25N3O4S/c1-12(2)4-5-16-15(19)14-10-13(11-17(14)3)23(20,21)18-6-8-22-9-7-18/h10-12H,4-9H2,1-3H3,(H,16,19). The molecule has 0 aliphatic carbocycles. The number of hydrogen-bond acceptors (Lipinski definition) is 4. The van der Waals surface area contributed by atoms with E-state index < -0.39 is 10.0 Å². The van der Waals surface area contributed by atoms with Crippen LogP contribution in [0.3, 0.4) is 0 Å². The number of amides is 1. The summed E-state index contributed by atoms with van der Waals surface area (Å²) in [7, 11) is -1.90. The van der Waals surface area contributed by atoms with Crippen LogP contribution in [0.5, 0.6) is 0 Å². The van der Waals surface area contributed by atoms with Gasteiger partial charge in [0.25, 0.3) is 5.91 Å². The van der Waals surface area contributed by atoms with E-state index >= 15 is 0 Å². The van der Waals surface area contributed by atoms with Gasteiger partial charge in [0.1, 0.15) is 10.6 Å². The lowest BCUT2D eigenvalue weighted by atomic mass is 10.1. The number of carbonyl (C=O) groups excluding carboxylic acids is 1. The molecule has 2 heterocycles. The van der Waals surface area contributed by atoms with E-state index in [2.05, 4.69) is 19.2 Å². The topological polar surface area (TPSA) is 80.6 Å². The zero-order valence-corrected chi connectivity index (χ0v) is 14.7. The van der Waals surface area contributed by atoms with E-state index in [0.29, 0.717) is 44.5 Å². The zero-order valence-electron chi connectivity index (χ0n) is 13.9. The molecule has 1 amide bonds. The van der Waals surface area contributed by atoms with Crippen LogP contribution in [-0.4, -0.2) is 56.0 Å². The fraction of sp³-hybridized carbons (Fsp3) is 0.667. The van der Waals surface area contributed by atoms with E-state index in [4.69, 9.17) is 4.74 Å². The monoisotopic (exact) mass is 343 g/mol. The molecule has 0 saturated carbocycles. The average Bonchev–Trinajstić information content (AvgIpc) is 2.90. The number of nitrogens with zero attached hydrogens (tertiary/aromatic N) is 2. The Labute approximate surface area is 137 Å². The van der Waals surface area contributed by atoms with Crippen molar-refractivity contribution in [1.29, 1.82) is 0 Å². The Morgan fingerprint density at radius 1 is 1.35 bits per heavy atom. The molecule has 1 aliphatic rings. The molecule has 0 atom stereocenters. The van der Waals surface area contributed by atoms with Crippen molar-refractivity contribution in [3.63, 3.8) is 0 Å². The van der Waals surface area contributed by atoms with Crippen LogP contribution in [0.1, 0.15) is 30.8 Å². The molecule has 0 spiro atoms. The van der Waals surface area contributed by atoms with Gasteiger partial charge in [-0.1, -0.05) is 13.8 Å². The fourth-order valence-electron chi connectivity index (χ4n) is 2.40. The lowest BCUT2D eigenvalue weighted by molar-refractivity contribution is 0.0730. The first-order chi connectivity index (χ1) is 10.8. The molecule has 0 bridgehead atoms. The van der Waals surface area contributed by atoms with Gasteiger partial charge in [0.2, 0.25) is 10.0 Å². The first kappa shape index (κ1) is 18.0. The number of hydrogen-bond donors (Lipinski definition) is 1. The third kappa shape index (κ3) is 4.33. The molecular weight excluding hydrogens is 318 g/mol. The van der Waals surface area contributed by atoms with Gasteiger partial charge in [-0.15, -0.1) is 0 Å². The van der Waals surface area contributed by atoms with E-state index in [-0.39, 0.29) is 10.8 Å². The molecule has 8 heteroatoms. The summed E-state index contributed by atoms with van der Waals surface area (Å²) in [6.45, 7) is 6.22. The van der Waals surface area contributed by atoms with E-state index in [0.717, 1.165) is 6.42 Å². The van der Waals surface area contributed by atoms with Crippen molar-refractivity contribution in [2.24, 2.45) is 13.0 Å². The van der Waals surface area contributed by atoms with Crippen molar-refractivity contribution >= 4 is 15.9 Å². The van der Waals surface area contributed by atoms with Gasteiger partial charge in [0.05, 0.1) is 13.2 Å². The van der Waals surface area contributed by atoms with Crippen molar-refractivity contribution in [3.05, 3.63) is 18.0 Å². The number of aromatic nitrogens is 1. The predicted octanol–water partition coefficient (Wildman–Crippen LogP) is 0.822. The highest BCUT2D eigenvalue weighted by Gasteiger charge is 2.28. The molecule has 2 rings (SSSR count). The minimum atomic E-state index is -3.58. The lowest BCUT2D eigenvalue weighted by Gasteiger charge is -2.25. The molecule has 23 heavy (non-hydrogen) atoms. The number of aryl methyl sites for hydroxylation is 1. The van der Waals surface area contributed by atoms with Crippen molar-refractivity contribution < 1.29 is 17.9 Å². The van der Waals surface area contributed by atoms with Gasteiger partial charge in [0, 0.05) is 32.9 Å². The van der Waals surface area contributed by atoms with Crippen LogP contribution >= 0.6 is 0 Å². The molecule has 1 saturated heterocycles. The molecule has 0 radical (unpaired) electrons. The van der Waals surface area contributed by atoms with Crippen LogP contribution in [0, 0.1) is 5.92 Å². The number of carbonyl (C=O) groups is 1. The van der Waals surface area contributed by atoms with Crippen LogP contribution in [0.2, 0.25) is 0 Å². The van der Waals surface area contributed by atoms with Gasteiger partial charge in [0.15, 0.2) is 0 Å². The molecule has 7 nitrogen and oxygen atoms in total. The quantitative estimate of drug-likeness (QED) is 0.829. The summed E-state index contributed by atoms with van der Waals surface area (Å²) in [5, 5.41) is 2.83. The third-order valence-corrected chi connectivity index (χ3v) is 5.69. The van der Waals surface area contributed by atoms with Gasteiger partial charge >= 0.3 is 0 Å². The third-order valence-electron chi connectivity index (χ3n) is 3.83. The summed E-state index contributed by atoms with van der Waals surface area (Å²) < 4.78 is 33.3. The molecule has 1 aromatic heterocycles. The smallest absolute Gasteiger partial charge is 0.267 e.